The van der Waals surface area contributed by atoms with E-state index in [1.807, 2.05) is 0 Å². The number of carbonyl (C=O) groups excluding carboxylic acids is 1. The number of hydrogen-bond donors (Lipinski definition) is 0. The van der Waals surface area contributed by atoms with Crippen LogP contribution in [-0.2, 0) is 0 Å². The quantitative estimate of drug-likeness (QED) is 0.680. The Morgan fingerprint density at radius 3 is 2.00 bits per heavy atom. The number of hydrogen-bond acceptors (Lipinski definition) is 1. The first-order valence-electron chi connectivity index (χ1n) is 7.00. The highest BCUT2D eigenvalue weighted by atomic mass is 16.1. The standard InChI is InChI=1S/C18H22O/c1-11(2)16-10-17(13(5)19)18(12(3)4)15-9-7-6-8-14(15)16/h6-12H,1-5H3. The summed E-state index contributed by atoms with van der Waals surface area (Å²) in [5.74, 6) is 0.936. The summed E-state index contributed by atoms with van der Waals surface area (Å²) in [6, 6.07) is 10.5. The van der Waals surface area contributed by atoms with Gasteiger partial charge < -0.3 is 0 Å². The summed E-state index contributed by atoms with van der Waals surface area (Å²) in [6.45, 7) is 10.3. The summed E-state index contributed by atoms with van der Waals surface area (Å²) in [7, 11) is 0. The van der Waals surface area contributed by atoms with Crippen LogP contribution < -0.4 is 0 Å². The maximum atomic E-state index is 12.0. The molecule has 0 aliphatic heterocycles. The average Bonchev–Trinajstić information content (AvgIpc) is 2.35. The number of Topliss-reactive ketones (excluding diaryl/α,β-unsaturated/α-hetero) is 1. The SMILES string of the molecule is CC(=O)c1cc(C(C)C)c2ccccc2c1C(C)C. The second-order valence-electron chi connectivity index (χ2n) is 5.84. The second kappa shape index (κ2) is 5.16. The lowest BCUT2D eigenvalue weighted by atomic mass is 9.84. The van der Waals surface area contributed by atoms with E-state index < -0.39 is 0 Å². The van der Waals surface area contributed by atoms with Crippen LogP contribution in [0.5, 0.6) is 0 Å². The monoisotopic (exact) mass is 254 g/mol. The van der Waals surface area contributed by atoms with Crippen LogP contribution >= 0.6 is 0 Å². The third-order valence-corrected chi connectivity index (χ3v) is 3.70. The number of rotatable bonds is 3. The van der Waals surface area contributed by atoms with Crippen LogP contribution in [0.3, 0.4) is 0 Å². The van der Waals surface area contributed by atoms with Crippen molar-refractivity contribution in [1.29, 1.82) is 0 Å². The Hall–Kier alpha value is -1.63. The largest absolute Gasteiger partial charge is 0.295 e. The number of carbonyl (C=O) groups is 1. The van der Waals surface area contributed by atoms with Crippen molar-refractivity contribution in [2.45, 2.75) is 46.5 Å². The van der Waals surface area contributed by atoms with E-state index in [9.17, 15) is 4.79 Å². The fraction of sp³-hybridized carbons (Fsp3) is 0.389. The Balaban J connectivity index is 2.94. The molecule has 1 heteroatoms. The lowest BCUT2D eigenvalue weighted by molar-refractivity contribution is 0.101. The van der Waals surface area contributed by atoms with Gasteiger partial charge in [0.05, 0.1) is 0 Å². The highest BCUT2D eigenvalue weighted by molar-refractivity contribution is 6.03. The van der Waals surface area contributed by atoms with Crippen LogP contribution in [0.2, 0.25) is 0 Å². The van der Waals surface area contributed by atoms with Gasteiger partial charge in [0.25, 0.3) is 0 Å². The zero-order valence-electron chi connectivity index (χ0n) is 12.4. The van der Waals surface area contributed by atoms with Crippen molar-refractivity contribution in [1.82, 2.24) is 0 Å². The molecule has 0 aliphatic carbocycles. The molecule has 0 aromatic heterocycles. The van der Waals surface area contributed by atoms with Gasteiger partial charge in [0, 0.05) is 5.56 Å². The van der Waals surface area contributed by atoms with Crippen molar-refractivity contribution < 1.29 is 4.79 Å². The Bertz CT molecular complexity index is 621. The summed E-state index contributed by atoms with van der Waals surface area (Å²) in [5, 5.41) is 2.51. The third kappa shape index (κ3) is 2.42. The summed E-state index contributed by atoms with van der Waals surface area (Å²) in [5.41, 5.74) is 3.34. The number of benzene rings is 2. The first-order valence-corrected chi connectivity index (χ1v) is 7.00. The van der Waals surface area contributed by atoms with Crippen LogP contribution in [0, 0.1) is 0 Å². The fourth-order valence-corrected chi connectivity index (χ4v) is 2.82. The molecule has 0 N–H and O–H groups in total. The molecule has 0 bridgehead atoms. The first-order chi connectivity index (χ1) is 8.93. The molecule has 0 unspecified atom stereocenters. The van der Waals surface area contributed by atoms with Crippen LogP contribution in [0.15, 0.2) is 30.3 Å². The van der Waals surface area contributed by atoms with Gasteiger partial charge in [-0.3, -0.25) is 4.79 Å². The molecule has 100 valence electrons. The van der Waals surface area contributed by atoms with E-state index in [1.165, 1.54) is 21.9 Å². The smallest absolute Gasteiger partial charge is 0.160 e. The summed E-state index contributed by atoms with van der Waals surface area (Å²) < 4.78 is 0. The molecule has 0 heterocycles. The number of ketones is 1. The topological polar surface area (TPSA) is 17.1 Å². The summed E-state index contributed by atoms with van der Waals surface area (Å²) in [6.07, 6.45) is 0. The van der Waals surface area contributed by atoms with Gasteiger partial charge in [-0.25, -0.2) is 0 Å². The summed E-state index contributed by atoms with van der Waals surface area (Å²) >= 11 is 0. The maximum absolute atomic E-state index is 12.0. The second-order valence-corrected chi connectivity index (χ2v) is 5.84. The van der Waals surface area contributed by atoms with E-state index in [2.05, 4.69) is 58.0 Å². The fourth-order valence-electron chi connectivity index (χ4n) is 2.82. The van der Waals surface area contributed by atoms with E-state index in [4.69, 9.17) is 0 Å². The van der Waals surface area contributed by atoms with Crippen molar-refractivity contribution in [2.75, 3.05) is 0 Å². The number of fused-ring (bicyclic) bond motifs is 1. The minimum absolute atomic E-state index is 0.163. The maximum Gasteiger partial charge on any atom is 0.160 e. The van der Waals surface area contributed by atoms with Crippen molar-refractivity contribution in [3.8, 4) is 0 Å². The molecule has 0 fully saturated rings. The van der Waals surface area contributed by atoms with E-state index in [0.29, 0.717) is 11.8 Å². The van der Waals surface area contributed by atoms with Crippen molar-refractivity contribution in [3.63, 3.8) is 0 Å². The lowest BCUT2D eigenvalue weighted by Gasteiger charge is -2.19. The molecule has 0 radical (unpaired) electrons. The van der Waals surface area contributed by atoms with E-state index in [-0.39, 0.29) is 5.78 Å². The van der Waals surface area contributed by atoms with Crippen molar-refractivity contribution in [3.05, 3.63) is 47.0 Å². The minimum Gasteiger partial charge on any atom is -0.295 e. The molecule has 19 heavy (non-hydrogen) atoms. The van der Waals surface area contributed by atoms with Gasteiger partial charge in [-0.2, -0.15) is 0 Å². The van der Waals surface area contributed by atoms with Crippen LogP contribution in [0.25, 0.3) is 10.8 Å². The van der Waals surface area contributed by atoms with Gasteiger partial charge >= 0.3 is 0 Å². The van der Waals surface area contributed by atoms with Gasteiger partial charge in [0.15, 0.2) is 5.78 Å². The minimum atomic E-state index is 0.163. The molecular formula is C18H22O. The Morgan fingerprint density at radius 2 is 1.53 bits per heavy atom. The molecule has 0 saturated heterocycles. The average molecular weight is 254 g/mol. The van der Waals surface area contributed by atoms with Crippen LogP contribution in [-0.4, -0.2) is 5.78 Å². The first kappa shape index (κ1) is 13.8. The molecule has 0 saturated carbocycles. The zero-order valence-corrected chi connectivity index (χ0v) is 12.4. The molecular weight excluding hydrogens is 232 g/mol. The molecule has 2 aromatic rings. The normalized spacial score (nSPS) is 11.5. The highest BCUT2D eigenvalue weighted by Gasteiger charge is 2.18. The molecule has 0 spiro atoms. The van der Waals surface area contributed by atoms with Crippen molar-refractivity contribution in [2.24, 2.45) is 0 Å². The zero-order chi connectivity index (χ0) is 14.2. The van der Waals surface area contributed by atoms with Crippen LogP contribution in [0.1, 0.15) is 67.9 Å². The molecule has 2 aromatic carbocycles. The van der Waals surface area contributed by atoms with Gasteiger partial charge in [-0.05, 0) is 46.7 Å². The lowest BCUT2D eigenvalue weighted by Crippen LogP contribution is -2.05. The van der Waals surface area contributed by atoms with Gasteiger partial charge in [0.1, 0.15) is 0 Å². The van der Waals surface area contributed by atoms with Gasteiger partial charge in [-0.1, -0.05) is 52.0 Å². The van der Waals surface area contributed by atoms with Gasteiger partial charge in [-0.15, -0.1) is 0 Å². The van der Waals surface area contributed by atoms with E-state index in [0.717, 1.165) is 5.56 Å². The molecule has 0 atom stereocenters. The van der Waals surface area contributed by atoms with Crippen LogP contribution in [0.4, 0.5) is 0 Å². The molecule has 0 amide bonds. The third-order valence-electron chi connectivity index (χ3n) is 3.70. The van der Waals surface area contributed by atoms with Gasteiger partial charge in [0.2, 0.25) is 0 Å². The Labute approximate surface area is 115 Å². The molecule has 0 aliphatic rings. The summed E-state index contributed by atoms with van der Waals surface area (Å²) in [4.78, 5) is 12.0. The van der Waals surface area contributed by atoms with Crippen molar-refractivity contribution >= 4 is 16.6 Å². The van der Waals surface area contributed by atoms with E-state index >= 15 is 0 Å². The Morgan fingerprint density at radius 1 is 0.947 bits per heavy atom. The Kier molecular flexibility index (Phi) is 3.75. The van der Waals surface area contributed by atoms with E-state index in [1.54, 1.807) is 6.92 Å². The molecule has 1 nitrogen and oxygen atoms in total. The highest BCUT2D eigenvalue weighted by Crippen LogP contribution is 2.34. The molecule has 2 rings (SSSR count). The predicted octanol–water partition coefficient (Wildman–Crippen LogP) is 5.29. The predicted molar refractivity (Wildman–Crippen MR) is 82.1 cm³/mol.